The van der Waals surface area contributed by atoms with Crippen molar-refractivity contribution in [2.45, 2.75) is 25.9 Å². The van der Waals surface area contributed by atoms with Crippen molar-refractivity contribution in [3.05, 3.63) is 42.0 Å². The Morgan fingerprint density at radius 1 is 1.21 bits per heavy atom. The van der Waals surface area contributed by atoms with Crippen LogP contribution in [0.1, 0.15) is 24.2 Å². The Morgan fingerprint density at radius 2 is 1.96 bits per heavy atom. The zero-order chi connectivity index (χ0) is 19.1. The van der Waals surface area contributed by atoms with Crippen LogP contribution in [0.25, 0.3) is 0 Å². The van der Waals surface area contributed by atoms with Crippen molar-refractivity contribution in [1.29, 1.82) is 0 Å². The lowest BCUT2D eigenvalue weighted by Gasteiger charge is -2.17. The lowest BCUT2D eigenvalue weighted by atomic mass is 10.2. The molecule has 0 aliphatic carbocycles. The molecule has 2 aromatic rings. The Hall–Kier alpha value is -2.37. The SMILES string of the molecule is CN=C(NCc1cccc(NC(=O)N2CCCC2)c1)NCc1ncnn1C.I. The van der Waals surface area contributed by atoms with E-state index in [1.54, 1.807) is 11.7 Å². The molecule has 3 N–H and O–H groups in total. The van der Waals surface area contributed by atoms with Gasteiger partial charge in [0.2, 0.25) is 0 Å². The molecule has 3 rings (SSSR count). The molecule has 0 unspecified atom stereocenters. The fourth-order valence-electron chi connectivity index (χ4n) is 2.93. The molecule has 1 aliphatic rings. The van der Waals surface area contributed by atoms with Crippen LogP contribution in [-0.2, 0) is 20.1 Å². The number of nitrogens with one attached hydrogen (secondary N) is 3. The molecule has 1 saturated heterocycles. The van der Waals surface area contributed by atoms with Gasteiger partial charge in [-0.2, -0.15) is 5.10 Å². The summed E-state index contributed by atoms with van der Waals surface area (Å²) in [6.07, 6.45) is 3.69. The number of nitrogens with zero attached hydrogens (tertiary/aromatic N) is 5. The van der Waals surface area contributed by atoms with E-state index < -0.39 is 0 Å². The van der Waals surface area contributed by atoms with Crippen LogP contribution < -0.4 is 16.0 Å². The number of aryl methyl sites for hydroxylation is 1. The minimum Gasteiger partial charge on any atom is -0.352 e. The molecule has 1 aromatic carbocycles. The van der Waals surface area contributed by atoms with Gasteiger partial charge in [-0.05, 0) is 30.5 Å². The van der Waals surface area contributed by atoms with Crippen molar-refractivity contribution in [1.82, 2.24) is 30.3 Å². The number of amides is 2. The summed E-state index contributed by atoms with van der Waals surface area (Å²) in [5, 5.41) is 13.5. The van der Waals surface area contributed by atoms with Gasteiger partial charge in [0, 0.05) is 39.4 Å². The summed E-state index contributed by atoms with van der Waals surface area (Å²) in [7, 11) is 3.57. The third-order valence-corrected chi connectivity index (χ3v) is 4.47. The zero-order valence-corrected chi connectivity index (χ0v) is 18.5. The zero-order valence-electron chi connectivity index (χ0n) is 16.2. The molecule has 1 fully saturated rings. The van der Waals surface area contributed by atoms with Gasteiger partial charge in [-0.1, -0.05) is 12.1 Å². The summed E-state index contributed by atoms with van der Waals surface area (Å²) in [4.78, 5) is 22.5. The predicted octanol–water partition coefficient (Wildman–Crippen LogP) is 1.93. The van der Waals surface area contributed by atoms with E-state index in [4.69, 9.17) is 0 Å². The monoisotopic (exact) mass is 498 g/mol. The quantitative estimate of drug-likeness (QED) is 0.333. The summed E-state index contributed by atoms with van der Waals surface area (Å²) in [6, 6.07) is 7.79. The molecule has 9 nitrogen and oxygen atoms in total. The molecule has 10 heteroatoms. The highest BCUT2D eigenvalue weighted by atomic mass is 127. The van der Waals surface area contributed by atoms with Gasteiger partial charge in [0.1, 0.15) is 12.2 Å². The van der Waals surface area contributed by atoms with E-state index in [0.29, 0.717) is 19.0 Å². The normalized spacial score (nSPS) is 13.8. The third kappa shape index (κ3) is 6.08. The first kappa shape index (κ1) is 21.9. The van der Waals surface area contributed by atoms with Gasteiger partial charge in [-0.3, -0.25) is 9.67 Å². The maximum Gasteiger partial charge on any atom is 0.321 e. The highest BCUT2D eigenvalue weighted by Gasteiger charge is 2.17. The molecule has 0 atom stereocenters. The van der Waals surface area contributed by atoms with Crippen LogP contribution in [0.5, 0.6) is 0 Å². The van der Waals surface area contributed by atoms with Gasteiger partial charge >= 0.3 is 6.03 Å². The van der Waals surface area contributed by atoms with Crippen LogP contribution in [0.15, 0.2) is 35.6 Å². The largest absolute Gasteiger partial charge is 0.352 e. The maximum absolute atomic E-state index is 12.2. The number of carbonyl (C=O) groups is 1. The van der Waals surface area contributed by atoms with Gasteiger partial charge in [-0.15, -0.1) is 24.0 Å². The number of guanidine groups is 1. The average Bonchev–Trinajstić information content (AvgIpc) is 3.34. The standard InChI is InChI=1S/C18H26N8O.HI/c1-19-17(21-12-16-22-13-23-25(16)2)20-11-14-6-5-7-15(10-14)24-18(27)26-8-3-4-9-26;/h5-7,10,13H,3-4,8-9,11-12H2,1-2H3,(H,24,27)(H2,19,20,21);1H. The number of aliphatic imine (C=N–C) groups is 1. The highest BCUT2D eigenvalue weighted by Crippen LogP contribution is 2.14. The predicted molar refractivity (Wildman–Crippen MR) is 120 cm³/mol. The van der Waals surface area contributed by atoms with Gasteiger partial charge in [0.25, 0.3) is 0 Å². The highest BCUT2D eigenvalue weighted by molar-refractivity contribution is 14.0. The molecular formula is C18H27IN8O. The van der Waals surface area contributed by atoms with Crippen LogP contribution in [0, 0.1) is 0 Å². The average molecular weight is 498 g/mol. The summed E-state index contributed by atoms with van der Waals surface area (Å²) in [5.41, 5.74) is 1.85. The number of benzene rings is 1. The van der Waals surface area contributed by atoms with E-state index in [1.807, 2.05) is 36.2 Å². The van der Waals surface area contributed by atoms with E-state index in [0.717, 1.165) is 43.0 Å². The van der Waals surface area contributed by atoms with E-state index >= 15 is 0 Å². The maximum atomic E-state index is 12.2. The number of anilines is 1. The number of rotatable bonds is 5. The van der Waals surface area contributed by atoms with Crippen molar-refractivity contribution in [3.63, 3.8) is 0 Å². The molecule has 0 saturated carbocycles. The van der Waals surface area contributed by atoms with Crippen molar-refractivity contribution >= 4 is 41.7 Å². The number of halogens is 1. The van der Waals surface area contributed by atoms with Gasteiger partial charge in [0.05, 0.1) is 6.54 Å². The first-order chi connectivity index (χ1) is 13.2. The molecule has 0 radical (unpaired) electrons. The van der Waals surface area contributed by atoms with Crippen LogP contribution in [0.2, 0.25) is 0 Å². The Kier molecular flexibility index (Phi) is 8.48. The van der Waals surface area contributed by atoms with Gasteiger partial charge < -0.3 is 20.9 Å². The lowest BCUT2D eigenvalue weighted by molar-refractivity contribution is 0.222. The number of urea groups is 1. The topological polar surface area (TPSA) is 99.5 Å². The van der Waals surface area contributed by atoms with E-state index in [9.17, 15) is 4.79 Å². The minimum atomic E-state index is -0.0289. The Bertz CT molecular complexity index is 800. The molecular weight excluding hydrogens is 471 g/mol. The molecule has 2 amide bonds. The Balaban J connectivity index is 0.00000280. The summed E-state index contributed by atoms with van der Waals surface area (Å²) >= 11 is 0. The molecule has 28 heavy (non-hydrogen) atoms. The second-order valence-corrected chi connectivity index (χ2v) is 6.40. The van der Waals surface area contributed by atoms with Crippen LogP contribution in [-0.4, -0.2) is 51.8 Å². The molecule has 0 spiro atoms. The Morgan fingerprint density at radius 3 is 2.64 bits per heavy atom. The number of aromatic nitrogens is 3. The van der Waals surface area contributed by atoms with Crippen LogP contribution in [0.4, 0.5) is 10.5 Å². The Labute approximate surface area is 182 Å². The number of likely N-dealkylation sites (tertiary alicyclic amines) is 1. The summed E-state index contributed by atoms with van der Waals surface area (Å²) in [5.74, 6) is 1.49. The minimum absolute atomic E-state index is 0. The summed E-state index contributed by atoms with van der Waals surface area (Å²) in [6.45, 7) is 2.79. The first-order valence-corrected chi connectivity index (χ1v) is 9.08. The second kappa shape index (κ2) is 10.8. The molecule has 2 heterocycles. The van der Waals surface area contributed by atoms with E-state index in [-0.39, 0.29) is 30.0 Å². The fraction of sp³-hybridized carbons (Fsp3) is 0.444. The van der Waals surface area contributed by atoms with E-state index in [2.05, 4.69) is 31.0 Å². The number of carbonyl (C=O) groups excluding carboxylic acids is 1. The van der Waals surface area contributed by atoms with Gasteiger partial charge in [-0.25, -0.2) is 9.78 Å². The second-order valence-electron chi connectivity index (χ2n) is 6.40. The lowest BCUT2D eigenvalue weighted by Crippen LogP contribution is -2.37. The fourth-order valence-corrected chi connectivity index (χ4v) is 2.93. The van der Waals surface area contributed by atoms with Crippen molar-refractivity contribution in [2.75, 3.05) is 25.5 Å². The van der Waals surface area contributed by atoms with Crippen molar-refractivity contribution in [2.24, 2.45) is 12.0 Å². The molecule has 1 aromatic heterocycles. The van der Waals surface area contributed by atoms with Crippen molar-refractivity contribution < 1.29 is 4.79 Å². The van der Waals surface area contributed by atoms with E-state index in [1.165, 1.54) is 6.33 Å². The summed E-state index contributed by atoms with van der Waals surface area (Å²) < 4.78 is 1.72. The van der Waals surface area contributed by atoms with Crippen molar-refractivity contribution in [3.8, 4) is 0 Å². The van der Waals surface area contributed by atoms with Crippen LogP contribution >= 0.6 is 24.0 Å². The number of hydrogen-bond donors (Lipinski definition) is 3. The first-order valence-electron chi connectivity index (χ1n) is 9.08. The smallest absolute Gasteiger partial charge is 0.321 e. The molecule has 1 aliphatic heterocycles. The third-order valence-electron chi connectivity index (χ3n) is 4.47. The van der Waals surface area contributed by atoms with Gasteiger partial charge in [0.15, 0.2) is 5.96 Å². The molecule has 0 bridgehead atoms. The number of hydrogen-bond acceptors (Lipinski definition) is 4. The van der Waals surface area contributed by atoms with Crippen LogP contribution in [0.3, 0.4) is 0 Å². The molecule has 152 valence electrons.